The molecule has 1 aliphatic heterocycles. The number of hydrogen-bond acceptors (Lipinski definition) is 4. The summed E-state index contributed by atoms with van der Waals surface area (Å²) in [5.74, 6) is 1.55. The van der Waals surface area contributed by atoms with Gasteiger partial charge in [0.25, 0.3) is 0 Å². The third kappa shape index (κ3) is 3.10. The maximum Gasteiger partial charge on any atom is 0.161 e. The molecule has 1 fully saturated rings. The summed E-state index contributed by atoms with van der Waals surface area (Å²) in [6, 6.07) is 12.2. The number of benzene rings is 1. The van der Waals surface area contributed by atoms with Gasteiger partial charge in [0.15, 0.2) is 5.82 Å². The van der Waals surface area contributed by atoms with Gasteiger partial charge in [0.1, 0.15) is 6.33 Å². The van der Waals surface area contributed by atoms with E-state index in [0.717, 1.165) is 48.0 Å². The molecule has 1 aliphatic rings. The van der Waals surface area contributed by atoms with Crippen molar-refractivity contribution < 1.29 is 0 Å². The number of rotatable bonds is 3. The molecule has 0 spiro atoms. The first kappa shape index (κ1) is 14.3. The number of para-hydroxylation sites is 2. The van der Waals surface area contributed by atoms with Gasteiger partial charge in [0.05, 0.1) is 16.7 Å². The van der Waals surface area contributed by atoms with Crippen LogP contribution in [0, 0.1) is 5.92 Å². The second-order valence-corrected chi connectivity index (χ2v) is 6.24. The van der Waals surface area contributed by atoms with Crippen molar-refractivity contribution in [2.75, 3.05) is 13.1 Å². The highest BCUT2D eigenvalue weighted by Gasteiger charge is 2.14. The average Bonchev–Trinajstić information content (AvgIpc) is 2.86. The molecule has 0 aliphatic carbocycles. The van der Waals surface area contributed by atoms with Crippen LogP contribution in [0.4, 0.5) is 0 Å². The van der Waals surface area contributed by atoms with Crippen molar-refractivity contribution in [1.29, 1.82) is 0 Å². The van der Waals surface area contributed by atoms with Gasteiger partial charge in [0, 0.05) is 0 Å². The van der Waals surface area contributed by atoms with E-state index in [1.54, 1.807) is 0 Å². The van der Waals surface area contributed by atoms with Crippen LogP contribution in [0.25, 0.3) is 16.9 Å². The fourth-order valence-corrected chi connectivity index (χ4v) is 3.32. The second-order valence-electron chi connectivity index (χ2n) is 6.24. The van der Waals surface area contributed by atoms with Crippen molar-refractivity contribution in [2.24, 2.45) is 5.92 Å². The molecule has 0 radical (unpaired) electrons. The van der Waals surface area contributed by atoms with E-state index < -0.39 is 0 Å². The summed E-state index contributed by atoms with van der Waals surface area (Å²) in [4.78, 5) is 4.41. The molecule has 0 bridgehead atoms. The summed E-state index contributed by atoms with van der Waals surface area (Å²) in [7, 11) is 0. The fourth-order valence-electron chi connectivity index (χ4n) is 3.32. The molecule has 1 unspecified atom stereocenters. The zero-order valence-electron chi connectivity index (χ0n) is 13.2. The predicted octanol–water partition coefficient (Wildman–Crippen LogP) is 2.75. The monoisotopic (exact) mass is 307 g/mol. The molecule has 5 heteroatoms. The zero-order valence-corrected chi connectivity index (χ0v) is 13.2. The number of hydrogen-bond donors (Lipinski definition) is 1. The Morgan fingerprint density at radius 1 is 1.04 bits per heavy atom. The first-order chi connectivity index (χ1) is 11.4. The van der Waals surface area contributed by atoms with Gasteiger partial charge < -0.3 is 5.32 Å². The number of imidazole rings is 1. The van der Waals surface area contributed by atoms with Crippen molar-refractivity contribution in [3.63, 3.8) is 0 Å². The third-order valence-electron chi connectivity index (χ3n) is 4.60. The lowest BCUT2D eigenvalue weighted by Gasteiger charge is -2.12. The Balaban J connectivity index is 1.53. The van der Waals surface area contributed by atoms with Crippen molar-refractivity contribution in [1.82, 2.24) is 25.1 Å². The highest BCUT2D eigenvalue weighted by molar-refractivity contribution is 5.76. The van der Waals surface area contributed by atoms with Crippen LogP contribution >= 0.6 is 0 Å². The molecular formula is C18H21N5. The Labute approximate surface area is 135 Å². The van der Waals surface area contributed by atoms with Crippen LogP contribution in [0.15, 0.2) is 42.7 Å². The molecule has 4 rings (SSSR count). The van der Waals surface area contributed by atoms with Crippen LogP contribution < -0.4 is 5.32 Å². The Hall–Kier alpha value is -2.27. The minimum Gasteiger partial charge on any atom is -0.317 e. The van der Waals surface area contributed by atoms with Gasteiger partial charge in [-0.2, -0.15) is 5.10 Å². The molecule has 5 nitrogen and oxygen atoms in total. The van der Waals surface area contributed by atoms with Gasteiger partial charge in [-0.25, -0.2) is 4.98 Å². The lowest BCUT2D eigenvalue weighted by atomic mass is 9.95. The van der Waals surface area contributed by atoms with Gasteiger partial charge in [-0.3, -0.25) is 4.57 Å². The molecule has 1 N–H and O–H groups in total. The Morgan fingerprint density at radius 2 is 2.00 bits per heavy atom. The van der Waals surface area contributed by atoms with Crippen LogP contribution in [0.5, 0.6) is 0 Å². The van der Waals surface area contributed by atoms with Crippen molar-refractivity contribution in [3.8, 4) is 5.82 Å². The minimum atomic E-state index is 0.722. The molecule has 3 aromatic rings. The van der Waals surface area contributed by atoms with E-state index in [2.05, 4.69) is 32.6 Å². The Bertz CT molecular complexity index is 769. The fraction of sp³-hybridized carbons (Fsp3) is 0.389. The molecule has 23 heavy (non-hydrogen) atoms. The molecule has 118 valence electrons. The van der Waals surface area contributed by atoms with Crippen LogP contribution in [0.3, 0.4) is 0 Å². The predicted molar refractivity (Wildman–Crippen MR) is 90.6 cm³/mol. The molecular weight excluding hydrogens is 286 g/mol. The lowest BCUT2D eigenvalue weighted by Crippen LogP contribution is -2.14. The highest BCUT2D eigenvalue weighted by Crippen LogP contribution is 2.19. The summed E-state index contributed by atoms with van der Waals surface area (Å²) in [6.45, 7) is 2.27. The molecule has 1 saturated heterocycles. The molecule has 1 aromatic carbocycles. The van der Waals surface area contributed by atoms with E-state index in [1.165, 1.54) is 19.3 Å². The van der Waals surface area contributed by atoms with Gasteiger partial charge in [-0.15, -0.1) is 5.10 Å². The van der Waals surface area contributed by atoms with E-state index in [9.17, 15) is 0 Å². The summed E-state index contributed by atoms with van der Waals surface area (Å²) in [5, 5.41) is 12.3. The largest absolute Gasteiger partial charge is 0.317 e. The maximum atomic E-state index is 4.45. The third-order valence-corrected chi connectivity index (χ3v) is 4.60. The average molecular weight is 307 g/mol. The van der Waals surface area contributed by atoms with E-state index in [1.807, 2.05) is 35.2 Å². The Kier molecular flexibility index (Phi) is 4.03. The number of aromatic nitrogens is 4. The normalized spacial score (nSPS) is 18.9. The number of fused-ring (bicyclic) bond motifs is 1. The second kappa shape index (κ2) is 6.46. The van der Waals surface area contributed by atoms with Crippen LogP contribution in [0.2, 0.25) is 0 Å². The molecule has 2 aromatic heterocycles. The Morgan fingerprint density at radius 3 is 2.91 bits per heavy atom. The van der Waals surface area contributed by atoms with E-state index in [-0.39, 0.29) is 0 Å². The molecule has 0 amide bonds. The lowest BCUT2D eigenvalue weighted by molar-refractivity contribution is 0.463. The van der Waals surface area contributed by atoms with Crippen LogP contribution in [-0.2, 0) is 6.42 Å². The minimum absolute atomic E-state index is 0.722. The van der Waals surface area contributed by atoms with E-state index >= 15 is 0 Å². The topological polar surface area (TPSA) is 55.6 Å². The van der Waals surface area contributed by atoms with Crippen LogP contribution in [-0.4, -0.2) is 32.8 Å². The summed E-state index contributed by atoms with van der Waals surface area (Å²) in [5.41, 5.74) is 3.12. The van der Waals surface area contributed by atoms with Crippen molar-refractivity contribution >= 4 is 11.0 Å². The van der Waals surface area contributed by atoms with E-state index in [4.69, 9.17) is 0 Å². The van der Waals surface area contributed by atoms with Crippen molar-refractivity contribution in [3.05, 3.63) is 48.4 Å². The number of nitrogens with one attached hydrogen (secondary N) is 1. The zero-order chi connectivity index (χ0) is 15.5. The maximum absolute atomic E-state index is 4.45. The summed E-state index contributed by atoms with van der Waals surface area (Å²) < 4.78 is 1.99. The first-order valence-corrected chi connectivity index (χ1v) is 8.36. The van der Waals surface area contributed by atoms with Crippen LogP contribution in [0.1, 0.15) is 25.0 Å². The van der Waals surface area contributed by atoms with Gasteiger partial charge >= 0.3 is 0 Å². The van der Waals surface area contributed by atoms with Crippen molar-refractivity contribution in [2.45, 2.75) is 25.7 Å². The van der Waals surface area contributed by atoms with Gasteiger partial charge in [0.2, 0.25) is 0 Å². The molecule has 0 saturated carbocycles. The summed E-state index contributed by atoms with van der Waals surface area (Å²) >= 11 is 0. The summed E-state index contributed by atoms with van der Waals surface area (Å²) in [6.07, 6.45) is 6.61. The smallest absolute Gasteiger partial charge is 0.161 e. The van der Waals surface area contributed by atoms with Gasteiger partial charge in [-0.05, 0) is 69.0 Å². The van der Waals surface area contributed by atoms with Gasteiger partial charge in [-0.1, -0.05) is 12.1 Å². The first-order valence-electron chi connectivity index (χ1n) is 8.36. The quantitative estimate of drug-likeness (QED) is 0.808. The molecule has 3 heterocycles. The molecule has 1 atom stereocenters. The SMILES string of the molecule is c1ccc2c(c1)ncn2-c1ccc(CC2CCCNCC2)nn1. The van der Waals surface area contributed by atoms with E-state index in [0.29, 0.717) is 0 Å². The highest BCUT2D eigenvalue weighted by atomic mass is 15.2. The number of nitrogens with zero attached hydrogens (tertiary/aromatic N) is 4. The standard InChI is InChI=1S/C18H21N5/c1-2-6-17-16(5-1)20-13-23(17)18-8-7-15(21-22-18)12-14-4-3-10-19-11-9-14/h1-2,5-8,13-14,19H,3-4,9-12H2.